The predicted molar refractivity (Wildman–Crippen MR) is 61.3 cm³/mol. The largest absolute Gasteiger partial charge is 0.384 e. The number of nitrogens with two attached hydrogens (primary N) is 1. The lowest BCUT2D eigenvalue weighted by atomic mass is 10.1. The van der Waals surface area contributed by atoms with Crippen molar-refractivity contribution in [1.29, 1.82) is 0 Å². The second kappa shape index (κ2) is 3.52. The van der Waals surface area contributed by atoms with E-state index in [-0.39, 0.29) is 0 Å². The van der Waals surface area contributed by atoms with Crippen LogP contribution in [0.1, 0.15) is 44.5 Å². The highest BCUT2D eigenvalue weighted by atomic mass is 15.3. The number of aryl methyl sites for hydroxylation is 1. The average Bonchev–Trinajstić information content (AvgIpc) is 2.66. The lowest BCUT2D eigenvalue weighted by Crippen LogP contribution is -2.29. The molecule has 15 heavy (non-hydrogen) atoms. The number of hydrogen-bond acceptors (Lipinski definition) is 3. The molecule has 0 bridgehead atoms. The fourth-order valence-corrected chi connectivity index (χ4v) is 2.45. The van der Waals surface area contributed by atoms with Gasteiger partial charge < -0.3 is 5.73 Å². The molecule has 0 aromatic carbocycles. The minimum absolute atomic E-state index is 0.448. The summed E-state index contributed by atoms with van der Waals surface area (Å²) >= 11 is 0. The molecule has 1 aliphatic rings. The van der Waals surface area contributed by atoms with E-state index in [0.717, 1.165) is 18.8 Å². The Morgan fingerprint density at radius 1 is 1.53 bits per heavy atom. The highest BCUT2D eigenvalue weighted by Crippen LogP contribution is 2.38. The molecular weight excluding hydrogens is 188 g/mol. The molecule has 0 saturated heterocycles. The molecule has 0 aliphatic carbocycles. The van der Waals surface area contributed by atoms with Gasteiger partial charge in [-0.1, -0.05) is 6.92 Å². The first-order valence-electron chi connectivity index (χ1n) is 5.63. The Kier molecular flexibility index (Phi) is 2.46. The second-order valence-corrected chi connectivity index (χ2v) is 4.56. The normalized spacial score (nSPS) is 21.3. The molecule has 0 saturated carbocycles. The van der Waals surface area contributed by atoms with Crippen molar-refractivity contribution in [2.24, 2.45) is 7.05 Å². The van der Waals surface area contributed by atoms with Crippen molar-refractivity contribution in [2.75, 3.05) is 5.73 Å². The molecule has 4 heteroatoms. The molecule has 4 nitrogen and oxygen atoms in total. The summed E-state index contributed by atoms with van der Waals surface area (Å²) < 4.78 is 1.80. The van der Waals surface area contributed by atoms with Gasteiger partial charge in [-0.3, -0.25) is 9.58 Å². The van der Waals surface area contributed by atoms with Gasteiger partial charge in [0, 0.05) is 25.2 Å². The molecule has 1 aliphatic heterocycles. The molecule has 1 aromatic heterocycles. The first-order valence-corrected chi connectivity index (χ1v) is 5.63. The van der Waals surface area contributed by atoms with Crippen molar-refractivity contribution in [2.45, 2.75) is 45.8 Å². The second-order valence-electron chi connectivity index (χ2n) is 4.56. The lowest BCUT2D eigenvalue weighted by Gasteiger charge is -2.27. The Morgan fingerprint density at radius 3 is 2.73 bits per heavy atom. The van der Waals surface area contributed by atoms with Crippen LogP contribution in [0.4, 0.5) is 5.82 Å². The summed E-state index contributed by atoms with van der Waals surface area (Å²) in [5.41, 5.74) is 8.43. The number of fused-ring (bicyclic) bond motifs is 1. The molecule has 0 amide bonds. The van der Waals surface area contributed by atoms with E-state index in [9.17, 15) is 0 Å². The Bertz CT molecular complexity index is 367. The van der Waals surface area contributed by atoms with Crippen molar-refractivity contribution >= 4 is 5.82 Å². The minimum atomic E-state index is 0.448. The van der Waals surface area contributed by atoms with Crippen LogP contribution >= 0.6 is 0 Å². The molecule has 1 aromatic rings. The fraction of sp³-hybridized carbons (Fsp3) is 0.727. The van der Waals surface area contributed by atoms with Crippen LogP contribution in [-0.4, -0.2) is 20.7 Å². The number of hydrogen-bond donors (Lipinski definition) is 1. The zero-order valence-corrected chi connectivity index (χ0v) is 9.99. The molecule has 0 fully saturated rings. The van der Waals surface area contributed by atoms with Crippen LogP contribution in [0.3, 0.4) is 0 Å². The van der Waals surface area contributed by atoms with Gasteiger partial charge in [0.15, 0.2) is 0 Å². The SMILES string of the molecule is CCC1c2nn(C)c(N)c2CN1C(C)C. The summed E-state index contributed by atoms with van der Waals surface area (Å²) in [6.07, 6.45) is 1.10. The molecule has 1 unspecified atom stereocenters. The molecule has 1 atom stereocenters. The third kappa shape index (κ3) is 1.44. The number of anilines is 1. The first-order chi connectivity index (χ1) is 7.06. The van der Waals surface area contributed by atoms with E-state index in [1.54, 1.807) is 4.68 Å². The van der Waals surface area contributed by atoms with E-state index in [1.165, 1.54) is 11.3 Å². The maximum Gasteiger partial charge on any atom is 0.126 e. The topological polar surface area (TPSA) is 47.1 Å². The van der Waals surface area contributed by atoms with Crippen LogP contribution in [0.5, 0.6) is 0 Å². The number of aromatic nitrogens is 2. The van der Waals surface area contributed by atoms with Crippen molar-refractivity contribution in [1.82, 2.24) is 14.7 Å². The molecule has 84 valence electrons. The summed E-state index contributed by atoms with van der Waals surface area (Å²) in [7, 11) is 1.92. The lowest BCUT2D eigenvalue weighted by molar-refractivity contribution is 0.160. The van der Waals surface area contributed by atoms with Crippen LogP contribution in [-0.2, 0) is 13.6 Å². The third-order valence-electron chi connectivity index (χ3n) is 3.33. The highest BCUT2D eigenvalue weighted by Gasteiger charge is 2.35. The highest BCUT2D eigenvalue weighted by molar-refractivity contribution is 5.47. The number of nitrogen functional groups attached to an aromatic ring is 1. The zero-order valence-electron chi connectivity index (χ0n) is 9.99. The molecule has 2 N–H and O–H groups in total. The smallest absolute Gasteiger partial charge is 0.126 e. The Morgan fingerprint density at radius 2 is 2.20 bits per heavy atom. The average molecular weight is 208 g/mol. The molecule has 2 heterocycles. The van der Waals surface area contributed by atoms with E-state index in [2.05, 4.69) is 30.8 Å². The molecule has 0 radical (unpaired) electrons. The van der Waals surface area contributed by atoms with Gasteiger partial charge in [0.25, 0.3) is 0 Å². The van der Waals surface area contributed by atoms with Crippen LogP contribution in [0.2, 0.25) is 0 Å². The van der Waals surface area contributed by atoms with Gasteiger partial charge in [-0.25, -0.2) is 0 Å². The quantitative estimate of drug-likeness (QED) is 0.804. The van der Waals surface area contributed by atoms with Crippen molar-refractivity contribution < 1.29 is 0 Å². The monoisotopic (exact) mass is 208 g/mol. The Hall–Kier alpha value is -1.03. The molecule has 2 rings (SSSR count). The van der Waals surface area contributed by atoms with Gasteiger partial charge in [0.2, 0.25) is 0 Å². The van der Waals surface area contributed by atoms with E-state index in [1.807, 2.05) is 7.05 Å². The van der Waals surface area contributed by atoms with E-state index >= 15 is 0 Å². The fourth-order valence-electron chi connectivity index (χ4n) is 2.45. The van der Waals surface area contributed by atoms with Crippen LogP contribution < -0.4 is 5.73 Å². The predicted octanol–water partition coefficient (Wildman–Crippen LogP) is 1.68. The third-order valence-corrected chi connectivity index (χ3v) is 3.33. The van der Waals surface area contributed by atoms with E-state index in [4.69, 9.17) is 5.73 Å². The van der Waals surface area contributed by atoms with E-state index in [0.29, 0.717) is 12.1 Å². The van der Waals surface area contributed by atoms with Crippen LogP contribution in [0, 0.1) is 0 Å². The van der Waals surface area contributed by atoms with Gasteiger partial charge in [-0.15, -0.1) is 0 Å². The van der Waals surface area contributed by atoms with Crippen molar-refractivity contribution in [3.8, 4) is 0 Å². The standard InChI is InChI=1S/C11H20N4/c1-5-9-10-8(6-15(9)7(2)3)11(12)14(4)13-10/h7,9H,5-6,12H2,1-4H3. The maximum atomic E-state index is 6.01. The van der Waals surface area contributed by atoms with Crippen molar-refractivity contribution in [3.05, 3.63) is 11.3 Å². The van der Waals surface area contributed by atoms with Gasteiger partial charge in [-0.05, 0) is 20.3 Å². The summed E-state index contributed by atoms with van der Waals surface area (Å²) in [4.78, 5) is 2.47. The van der Waals surface area contributed by atoms with Gasteiger partial charge >= 0.3 is 0 Å². The Labute approximate surface area is 91.1 Å². The summed E-state index contributed by atoms with van der Waals surface area (Å²) in [6, 6.07) is 0.998. The van der Waals surface area contributed by atoms with E-state index < -0.39 is 0 Å². The van der Waals surface area contributed by atoms with Crippen LogP contribution in [0.25, 0.3) is 0 Å². The van der Waals surface area contributed by atoms with Crippen molar-refractivity contribution in [3.63, 3.8) is 0 Å². The molecule has 0 spiro atoms. The first kappa shape index (κ1) is 10.5. The zero-order chi connectivity index (χ0) is 11.2. The number of rotatable bonds is 2. The minimum Gasteiger partial charge on any atom is -0.384 e. The van der Waals surface area contributed by atoms with Gasteiger partial charge in [0.05, 0.1) is 11.7 Å². The van der Waals surface area contributed by atoms with Gasteiger partial charge in [-0.2, -0.15) is 5.10 Å². The van der Waals surface area contributed by atoms with Crippen LogP contribution in [0.15, 0.2) is 0 Å². The summed E-state index contributed by atoms with van der Waals surface area (Å²) in [6.45, 7) is 7.61. The molecular formula is C11H20N4. The number of nitrogens with zero attached hydrogens (tertiary/aromatic N) is 3. The Balaban J connectivity index is 2.39. The summed E-state index contributed by atoms with van der Waals surface area (Å²) in [5, 5.41) is 4.53. The maximum absolute atomic E-state index is 6.01. The summed E-state index contributed by atoms with van der Waals surface area (Å²) in [5.74, 6) is 0.826. The van der Waals surface area contributed by atoms with Gasteiger partial charge in [0.1, 0.15) is 5.82 Å².